The molecule has 1 aromatic heterocycles. The number of hydrogen-bond donors (Lipinski definition) is 1. The lowest BCUT2D eigenvalue weighted by Gasteiger charge is -2.25. The zero-order valence-electron chi connectivity index (χ0n) is 8.34. The SMILES string of the molecule is CC(C)(CCBr)NC(=O)c1ccsc1. The van der Waals surface area contributed by atoms with Crippen LogP contribution in [0.5, 0.6) is 0 Å². The molecule has 2 nitrogen and oxygen atoms in total. The number of hydrogen-bond acceptors (Lipinski definition) is 2. The van der Waals surface area contributed by atoms with Gasteiger partial charge < -0.3 is 5.32 Å². The highest BCUT2D eigenvalue weighted by Gasteiger charge is 2.20. The van der Waals surface area contributed by atoms with Gasteiger partial charge in [-0.25, -0.2) is 0 Å². The van der Waals surface area contributed by atoms with Gasteiger partial charge >= 0.3 is 0 Å². The molecule has 1 N–H and O–H groups in total. The molecule has 0 spiro atoms. The van der Waals surface area contributed by atoms with Crippen LogP contribution in [-0.2, 0) is 0 Å². The second kappa shape index (κ2) is 4.94. The predicted molar refractivity (Wildman–Crippen MR) is 64.3 cm³/mol. The quantitative estimate of drug-likeness (QED) is 0.841. The minimum Gasteiger partial charge on any atom is -0.347 e. The topological polar surface area (TPSA) is 29.1 Å². The highest BCUT2D eigenvalue weighted by molar-refractivity contribution is 9.09. The number of amides is 1. The highest BCUT2D eigenvalue weighted by Crippen LogP contribution is 2.13. The number of rotatable bonds is 4. The molecular formula is C10H14BrNOS. The normalized spacial score (nSPS) is 11.4. The highest BCUT2D eigenvalue weighted by atomic mass is 79.9. The van der Waals surface area contributed by atoms with E-state index in [4.69, 9.17) is 0 Å². The van der Waals surface area contributed by atoms with Crippen LogP contribution in [0.3, 0.4) is 0 Å². The van der Waals surface area contributed by atoms with E-state index in [9.17, 15) is 4.79 Å². The van der Waals surface area contributed by atoms with Crippen LogP contribution in [0.15, 0.2) is 16.8 Å². The predicted octanol–water partition coefficient (Wildman–Crippen LogP) is 3.04. The van der Waals surface area contributed by atoms with Gasteiger partial charge in [-0.1, -0.05) is 15.9 Å². The average molecular weight is 276 g/mol. The number of alkyl halides is 1. The Bertz CT molecular complexity index is 295. The molecule has 0 radical (unpaired) electrons. The van der Waals surface area contributed by atoms with Crippen molar-refractivity contribution in [1.29, 1.82) is 0 Å². The molecule has 0 saturated heterocycles. The van der Waals surface area contributed by atoms with E-state index in [0.29, 0.717) is 0 Å². The monoisotopic (exact) mass is 275 g/mol. The Hall–Kier alpha value is -0.350. The number of halogens is 1. The van der Waals surface area contributed by atoms with Crippen LogP contribution in [0.2, 0.25) is 0 Å². The van der Waals surface area contributed by atoms with Crippen molar-refractivity contribution in [2.45, 2.75) is 25.8 Å². The fourth-order valence-corrected chi connectivity index (χ4v) is 2.70. The lowest BCUT2D eigenvalue weighted by molar-refractivity contribution is 0.0912. The standard InChI is InChI=1S/C10H14BrNOS/c1-10(2,4-5-11)12-9(13)8-3-6-14-7-8/h3,6-7H,4-5H2,1-2H3,(H,12,13). The van der Waals surface area contributed by atoms with E-state index >= 15 is 0 Å². The van der Waals surface area contributed by atoms with Crippen molar-refractivity contribution in [3.05, 3.63) is 22.4 Å². The summed E-state index contributed by atoms with van der Waals surface area (Å²) < 4.78 is 0. The van der Waals surface area contributed by atoms with Crippen LogP contribution >= 0.6 is 27.3 Å². The second-order valence-electron chi connectivity index (χ2n) is 3.79. The first-order valence-corrected chi connectivity index (χ1v) is 6.52. The summed E-state index contributed by atoms with van der Waals surface area (Å²) in [6.45, 7) is 4.05. The number of nitrogens with one attached hydrogen (secondary N) is 1. The first kappa shape index (κ1) is 11.7. The third-order valence-electron chi connectivity index (χ3n) is 1.95. The molecule has 1 amide bonds. The Kier molecular flexibility index (Phi) is 4.13. The summed E-state index contributed by atoms with van der Waals surface area (Å²) in [7, 11) is 0. The van der Waals surface area contributed by atoms with Gasteiger partial charge in [-0.05, 0) is 31.7 Å². The molecule has 0 bridgehead atoms. The van der Waals surface area contributed by atoms with E-state index in [1.54, 1.807) is 0 Å². The van der Waals surface area contributed by atoms with Crippen molar-refractivity contribution in [1.82, 2.24) is 5.32 Å². The van der Waals surface area contributed by atoms with Gasteiger partial charge in [-0.3, -0.25) is 4.79 Å². The van der Waals surface area contributed by atoms with Gasteiger partial charge in [-0.15, -0.1) is 0 Å². The van der Waals surface area contributed by atoms with Gasteiger partial charge in [0, 0.05) is 16.2 Å². The molecule has 0 aliphatic carbocycles. The lowest BCUT2D eigenvalue weighted by atomic mass is 10.0. The molecule has 0 aliphatic rings. The van der Waals surface area contributed by atoms with Crippen molar-refractivity contribution in [2.75, 3.05) is 5.33 Å². The number of carbonyl (C=O) groups excluding carboxylic acids is 1. The first-order chi connectivity index (χ1) is 6.55. The van der Waals surface area contributed by atoms with Gasteiger partial charge in [0.15, 0.2) is 0 Å². The van der Waals surface area contributed by atoms with Crippen LogP contribution in [0, 0.1) is 0 Å². The van der Waals surface area contributed by atoms with Crippen LogP contribution in [0.25, 0.3) is 0 Å². The molecule has 1 heterocycles. The summed E-state index contributed by atoms with van der Waals surface area (Å²) >= 11 is 4.91. The summed E-state index contributed by atoms with van der Waals surface area (Å²) in [5.41, 5.74) is 0.598. The molecule has 0 saturated carbocycles. The maximum Gasteiger partial charge on any atom is 0.252 e. The Morgan fingerprint density at radius 2 is 2.36 bits per heavy atom. The number of carbonyl (C=O) groups is 1. The lowest BCUT2D eigenvalue weighted by Crippen LogP contribution is -2.43. The Morgan fingerprint density at radius 1 is 1.64 bits per heavy atom. The summed E-state index contributed by atoms with van der Waals surface area (Å²) in [5.74, 6) is 0.0113. The molecule has 78 valence electrons. The molecule has 0 atom stereocenters. The Labute approximate surface area is 96.8 Å². The maximum atomic E-state index is 11.7. The molecule has 1 rings (SSSR count). The fraction of sp³-hybridized carbons (Fsp3) is 0.500. The van der Waals surface area contributed by atoms with E-state index in [0.717, 1.165) is 17.3 Å². The molecule has 0 unspecified atom stereocenters. The van der Waals surface area contributed by atoms with Crippen molar-refractivity contribution in [3.8, 4) is 0 Å². The van der Waals surface area contributed by atoms with E-state index in [-0.39, 0.29) is 11.4 Å². The Morgan fingerprint density at radius 3 is 2.86 bits per heavy atom. The van der Waals surface area contributed by atoms with E-state index in [1.165, 1.54) is 11.3 Å². The maximum absolute atomic E-state index is 11.7. The summed E-state index contributed by atoms with van der Waals surface area (Å²) in [6, 6.07) is 1.84. The molecular weight excluding hydrogens is 262 g/mol. The largest absolute Gasteiger partial charge is 0.347 e. The van der Waals surface area contributed by atoms with Crippen LogP contribution in [-0.4, -0.2) is 16.8 Å². The van der Waals surface area contributed by atoms with Crippen molar-refractivity contribution < 1.29 is 4.79 Å². The van der Waals surface area contributed by atoms with Crippen LogP contribution in [0.4, 0.5) is 0 Å². The van der Waals surface area contributed by atoms with Gasteiger partial charge in [-0.2, -0.15) is 11.3 Å². The zero-order chi connectivity index (χ0) is 10.6. The van der Waals surface area contributed by atoms with Crippen molar-refractivity contribution >= 4 is 33.2 Å². The molecule has 0 aromatic carbocycles. The molecule has 1 aromatic rings. The summed E-state index contributed by atoms with van der Waals surface area (Å²) in [4.78, 5) is 11.7. The first-order valence-electron chi connectivity index (χ1n) is 4.46. The smallest absolute Gasteiger partial charge is 0.252 e. The molecule has 0 aliphatic heterocycles. The van der Waals surface area contributed by atoms with E-state index in [2.05, 4.69) is 21.2 Å². The summed E-state index contributed by atoms with van der Waals surface area (Å²) in [5, 5.41) is 7.66. The van der Waals surface area contributed by atoms with E-state index < -0.39 is 0 Å². The Balaban J connectivity index is 2.57. The number of thiophene rings is 1. The van der Waals surface area contributed by atoms with Crippen molar-refractivity contribution in [2.24, 2.45) is 0 Å². The van der Waals surface area contributed by atoms with Gasteiger partial charge in [0.25, 0.3) is 5.91 Å². The fourth-order valence-electron chi connectivity index (χ4n) is 1.07. The van der Waals surface area contributed by atoms with E-state index in [1.807, 2.05) is 30.7 Å². The molecule has 4 heteroatoms. The minimum atomic E-state index is -0.150. The third-order valence-corrected chi connectivity index (χ3v) is 3.03. The van der Waals surface area contributed by atoms with Gasteiger partial charge in [0.05, 0.1) is 5.56 Å². The van der Waals surface area contributed by atoms with Crippen molar-refractivity contribution in [3.63, 3.8) is 0 Å². The molecule has 0 fully saturated rings. The van der Waals surface area contributed by atoms with Crippen LogP contribution in [0.1, 0.15) is 30.6 Å². The van der Waals surface area contributed by atoms with Crippen LogP contribution < -0.4 is 5.32 Å². The van der Waals surface area contributed by atoms with Gasteiger partial charge in [0.1, 0.15) is 0 Å². The van der Waals surface area contributed by atoms with Gasteiger partial charge in [0.2, 0.25) is 0 Å². The second-order valence-corrected chi connectivity index (χ2v) is 5.36. The molecule has 14 heavy (non-hydrogen) atoms. The zero-order valence-corrected chi connectivity index (χ0v) is 10.7. The average Bonchev–Trinajstić information content (AvgIpc) is 2.53. The third kappa shape index (κ3) is 3.42. The summed E-state index contributed by atoms with van der Waals surface area (Å²) in [6.07, 6.45) is 0.920. The minimum absolute atomic E-state index is 0.0113.